The molecule has 0 atom stereocenters. The molecule has 31 heavy (non-hydrogen) atoms. The van der Waals surface area contributed by atoms with Gasteiger partial charge in [0.05, 0.1) is 18.2 Å². The summed E-state index contributed by atoms with van der Waals surface area (Å²) in [5.41, 5.74) is 1.99. The quantitative estimate of drug-likeness (QED) is 0.647. The highest BCUT2D eigenvalue weighted by Crippen LogP contribution is 2.36. The summed E-state index contributed by atoms with van der Waals surface area (Å²) in [7, 11) is 0. The Hall–Kier alpha value is -3.36. The molecule has 2 fully saturated rings. The first-order chi connectivity index (χ1) is 15.2. The molecule has 0 N–H and O–H groups in total. The van der Waals surface area contributed by atoms with Gasteiger partial charge >= 0.3 is 5.69 Å². The van der Waals surface area contributed by atoms with Crippen LogP contribution in [0.25, 0.3) is 5.65 Å². The number of hydrogen-bond acceptors (Lipinski definition) is 6. The maximum atomic E-state index is 12.9. The van der Waals surface area contributed by atoms with Gasteiger partial charge in [-0.25, -0.2) is 14.5 Å². The fourth-order valence-corrected chi connectivity index (χ4v) is 4.45. The maximum Gasteiger partial charge on any atom is 0.350 e. The Kier molecular flexibility index (Phi) is 4.22. The number of rotatable bonds is 3. The van der Waals surface area contributed by atoms with Crippen molar-refractivity contribution in [2.45, 2.75) is 38.1 Å². The van der Waals surface area contributed by atoms with Gasteiger partial charge in [0, 0.05) is 37.2 Å². The van der Waals surface area contributed by atoms with Crippen LogP contribution in [0.1, 0.15) is 48.5 Å². The van der Waals surface area contributed by atoms with Gasteiger partial charge in [0.2, 0.25) is 0 Å². The van der Waals surface area contributed by atoms with Crippen LogP contribution in [0.4, 0.5) is 11.5 Å². The SMILES string of the molecule is O=C(c1cnc2c(c1)OCCN2c1ccn2c(=O)n(C3CC3)nc2c1)N1CCCCC1. The van der Waals surface area contributed by atoms with Crippen LogP contribution >= 0.6 is 0 Å². The van der Waals surface area contributed by atoms with Gasteiger partial charge in [0.25, 0.3) is 5.91 Å². The summed E-state index contributed by atoms with van der Waals surface area (Å²) < 4.78 is 9.02. The zero-order chi connectivity index (χ0) is 20.9. The molecule has 0 bridgehead atoms. The molecular formula is C22H24N6O3. The first kappa shape index (κ1) is 18.4. The van der Waals surface area contributed by atoms with Crippen molar-refractivity contribution in [3.05, 3.63) is 46.6 Å². The molecule has 1 amide bonds. The fourth-order valence-electron chi connectivity index (χ4n) is 4.45. The topological polar surface area (TPSA) is 85.0 Å². The van der Waals surface area contributed by atoms with Gasteiger partial charge in [-0.3, -0.25) is 9.20 Å². The monoisotopic (exact) mass is 420 g/mol. The average Bonchev–Trinajstić information content (AvgIpc) is 3.61. The van der Waals surface area contributed by atoms with Crippen LogP contribution in [0.2, 0.25) is 0 Å². The Labute approximate surface area is 178 Å². The van der Waals surface area contributed by atoms with Gasteiger partial charge in [-0.2, -0.15) is 0 Å². The number of pyridine rings is 2. The van der Waals surface area contributed by atoms with Gasteiger partial charge in [-0.05, 0) is 44.2 Å². The molecule has 3 aliphatic rings. The van der Waals surface area contributed by atoms with Gasteiger partial charge < -0.3 is 14.5 Å². The lowest BCUT2D eigenvalue weighted by Crippen LogP contribution is -2.36. The Morgan fingerprint density at radius 3 is 2.74 bits per heavy atom. The van der Waals surface area contributed by atoms with Gasteiger partial charge in [-0.15, -0.1) is 5.10 Å². The van der Waals surface area contributed by atoms with Crippen molar-refractivity contribution in [2.75, 3.05) is 31.1 Å². The van der Waals surface area contributed by atoms with E-state index in [4.69, 9.17) is 4.74 Å². The summed E-state index contributed by atoms with van der Waals surface area (Å²) >= 11 is 0. The molecule has 9 heteroatoms. The number of ether oxygens (including phenoxy) is 1. The maximum absolute atomic E-state index is 12.9. The average molecular weight is 420 g/mol. The van der Waals surface area contributed by atoms with E-state index in [1.54, 1.807) is 27.5 Å². The molecule has 5 heterocycles. The zero-order valence-corrected chi connectivity index (χ0v) is 17.2. The number of carbonyl (C=O) groups is 1. The molecule has 2 aliphatic heterocycles. The molecule has 0 spiro atoms. The molecule has 0 unspecified atom stereocenters. The van der Waals surface area contributed by atoms with Crippen molar-refractivity contribution in [3.8, 4) is 5.75 Å². The van der Waals surface area contributed by atoms with Crippen LogP contribution in [0.3, 0.4) is 0 Å². The van der Waals surface area contributed by atoms with Crippen molar-refractivity contribution < 1.29 is 9.53 Å². The third kappa shape index (κ3) is 3.15. The second-order valence-corrected chi connectivity index (χ2v) is 8.47. The summed E-state index contributed by atoms with van der Waals surface area (Å²) in [6.07, 6.45) is 8.71. The molecule has 1 aliphatic carbocycles. The summed E-state index contributed by atoms with van der Waals surface area (Å²) in [6.45, 7) is 2.72. The number of hydrogen-bond donors (Lipinski definition) is 0. The van der Waals surface area contributed by atoms with Crippen molar-refractivity contribution in [3.63, 3.8) is 0 Å². The highest BCUT2D eigenvalue weighted by Gasteiger charge is 2.29. The first-order valence-electron chi connectivity index (χ1n) is 11.0. The molecular weight excluding hydrogens is 396 g/mol. The lowest BCUT2D eigenvalue weighted by Gasteiger charge is -2.31. The standard InChI is InChI=1S/C22H24N6O3/c29-21(25-7-2-1-3-8-25)15-12-18-20(23-14-15)26(10-11-31-18)17-6-9-27-19(13-17)24-28(22(27)30)16-4-5-16/h6,9,12-14,16H,1-5,7-8,10-11H2. The lowest BCUT2D eigenvalue weighted by atomic mass is 10.1. The Morgan fingerprint density at radius 1 is 1.10 bits per heavy atom. The summed E-state index contributed by atoms with van der Waals surface area (Å²) in [6, 6.07) is 5.84. The number of aromatic nitrogens is 4. The predicted octanol–water partition coefficient (Wildman–Crippen LogP) is 2.38. The van der Waals surface area contributed by atoms with E-state index < -0.39 is 0 Å². The highest BCUT2D eigenvalue weighted by atomic mass is 16.5. The van der Waals surface area contributed by atoms with E-state index in [0.717, 1.165) is 44.5 Å². The molecule has 3 aromatic heterocycles. The van der Waals surface area contributed by atoms with Crippen molar-refractivity contribution in [1.29, 1.82) is 0 Å². The largest absolute Gasteiger partial charge is 0.488 e. The highest BCUT2D eigenvalue weighted by molar-refractivity contribution is 5.95. The molecule has 160 valence electrons. The number of anilines is 2. The lowest BCUT2D eigenvalue weighted by molar-refractivity contribution is 0.0723. The number of likely N-dealkylation sites (tertiary alicyclic amines) is 1. The summed E-state index contributed by atoms with van der Waals surface area (Å²) in [4.78, 5) is 33.9. The third-order valence-corrected chi connectivity index (χ3v) is 6.29. The van der Waals surface area contributed by atoms with E-state index in [-0.39, 0.29) is 17.6 Å². The predicted molar refractivity (Wildman–Crippen MR) is 114 cm³/mol. The number of nitrogens with zero attached hydrogens (tertiary/aromatic N) is 6. The van der Waals surface area contributed by atoms with Gasteiger partial charge in [0.15, 0.2) is 17.2 Å². The van der Waals surface area contributed by atoms with Crippen LogP contribution < -0.4 is 15.3 Å². The molecule has 9 nitrogen and oxygen atoms in total. The molecule has 3 aromatic rings. The normalized spacial score (nSPS) is 18.7. The molecule has 1 saturated carbocycles. The van der Waals surface area contributed by atoms with Crippen molar-refractivity contribution >= 4 is 23.1 Å². The molecule has 0 aromatic carbocycles. The van der Waals surface area contributed by atoms with Crippen LogP contribution in [-0.2, 0) is 0 Å². The van der Waals surface area contributed by atoms with E-state index in [2.05, 4.69) is 15.0 Å². The van der Waals surface area contributed by atoms with Gasteiger partial charge in [-0.1, -0.05) is 0 Å². The number of piperidine rings is 1. The minimum absolute atomic E-state index is 0.0159. The van der Waals surface area contributed by atoms with E-state index in [9.17, 15) is 9.59 Å². The minimum Gasteiger partial charge on any atom is -0.488 e. The van der Waals surface area contributed by atoms with E-state index in [1.807, 2.05) is 17.0 Å². The second-order valence-electron chi connectivity index (χ2n) is 8.47. The van der Waals surface area contributed by atoms with Crippen LogP contribution in [-0.4, -0.2) is 56.2 Å². The summed E-state index contributed by atoms with van der Waals surface area (Å²) in [5, 5.41) is 4.51. The zero-order valence-electron chi connectivity index (χ0n) is 17.2. The van der Waals surface area contributed by atoms with E-state index in [0.29, 0.717) is 35.9 Å². The Bertz CT molecular complexity index is 1220. The Balaban J connectivity index is 1.32. The summed E-state index contributed by atoms with van der Waals surface area (Å²) in [5.74, 6) is 1.30. The molecule has 6 rings (SSSR count). The molecule has 0 radical (unpaired) electrons. The van der Waals surface area contributed by atoms with Crippen molar-refractivity contribution in [2.24, 2.45) is 0 Å². The van der Waals surface area contributed by atoms with Crippen molar-refractivity contribution in [1.82, 2.24) is 24.1 Å². The first-order valence-corrected chi connectivity index (χ1v) is 11.0. The van der Waals surface area contributed by atoms with Crippen LogP contribution in [0.5, 0.6) is 5.75 Å². The molecule has 1 saturated heterocycles. The number of amides is 1. The van der Waals surface area contributed by atoms with Crippen LogP contribution in [0.15, 0.2) is 35.4 Å². The second kappa shape index (κ2) is 7.11. The number of carbonyl (C=O) groups excluding carboxylic acids is 1. The third-order valence-electron chi connectivity index (χ3n) is 6.29. The van der Waals surface area contributed by atoms with Gasteiger partial charge in [0.1, 0.15) is 6.61 Å². The smallest absolute Gasteiger partial charge is 0.350 e. The number of fused-ring (bicyclic) bond motifs is 2. The Morgan fingerprint density at radius 2 is 1.94 bits per heavy atom. The van der Waals surface area contributed by atoms with E-state index >= 15 is 0 Å². The minimum atomic E-state index is -0.0922. The van der Waals surface area contributed by atoms with E-state index in [1.165, 1.54) is 6.42 Å². The fraction of sp³-hybridized carbons (Fsp3) is 0.455. The van der Waals surface area contributed by atoms with Crippen LogP contribution in [0, 0.1) is 0 Å².